The highest BCUT2D eigenvalue weighted by Gasteiger charge is 2.17. The summed E-state index contributed by atoms with van der Waals surface area (Å²) in [6.07, 6.45) is 4.19. The third kappa shape index (κ3) is 4.59. The van der Waals surface area contributed by atoms with Crippen molar-refractivity contribution < 1.29 is 0 Å². The van der Waals surface area contributed by atoms with Crippen molar-refractivity contribution in [1.29, 1.82) is 0 Å². The number of hydrogen-bond donors (Lipinski definition) is 2. The van der Waals surface area contributed by atoms with E-state index in [1.165, 1.54) is 4.57 Å². The summed E-state index contributed by atoms with van der Waals surface area (Å²) in [5, 5.41) is 5.07. The summed E-state index contributed by atoms with van der Waals surface area (Å²) in [5.74, 6) is 0.427. The molecule has 2 aromatic heterocycles. The van der Waals surface area contributed by atoms with Crippen molar-refractivity contribution in [2.24, 2.45) is 12.1 Å². The number of rotatable bonds is 8. The van der Waals surface area contributed by atoms with Crippen molar-refractivity contribution in [2.45, 2.75) is 46.1 Å². The van der Waals surface area contributed by atoms with Gasteiger partial charge in [-0.1, -0.05) is 49.9 Å². The Bertz CT molecular complexity index is 1140. The van der Waals surface area contributed by atoms with Crippen molar-refractivity contribution >= 4 is 34.4 Å². The largest absolute Gasteiger partial charge is 0.329 e. The summed E-state index contributed by atoms with van der Waals surface area (Å²) in [5.41, 5.74) is 4.38. The summed E-state index contributed by atoms with van der Waals surface area (Å²) in [6.45, 7) is 4.62. The van der Waals surface area contributed by atoms with E-state index < -0.39 is 11.2 Å². The molecule has 0 radical (unpaired) electrons. The number of imidazole rings is 1. The number of fused-ring (bicyclic) bond motifs is 1. The summed E-state index contributed by atoms with van der Waals surface area (Å²) in [6, 6.07) is 7.36. The van der Waals surface area contributed by atoms with E-state index in [1.807, 2.05) is 19.1 Å². The van der Waals surface area contributed by atoms with Crippen LogP contribution in [0.4, 0.5) is 5.95 Å². The maximum atomic E-state index is 12.5. The maximum absolute atomic E-state index is 12.5. The number of aryl methyl sites for hydroxylation is 2. The number of nitrogens with zero attached hydrogens (tertiary/aromatic N) is 4. The monoisotopic (exact) mass is 416 g/mol. The number of unbranched alkanes of at least 4 members (excludes halogenated alkanes) is 3. The molecule has 0 aliphatic heterocycles. The Morgan fingerprint density at radius 2 is 1.93 bits per heavy atom. The molecule has 0 spiro atoms. The molecular weight excluding hydrogens is 392 g/mol. The van der Waals surface area contributed by atoms with E-state index >= 15 is 0 Å². The molecule has 0 unspecified atom stereocenters. The first-order valence-electron chi connectivity index (χ1n) is 9.68. The van der Waals surface area contributed by atoms with Crippen LogP contribution in [0.1, 0.15) is 45.1 Å². The number of nitrogens with one attached hydrogen (secondary N) is 2. The maximum Gasteiger partial charge on any atom is 0.329 e. The molecule has 0 fully saturated rings. The SMILES string of the molecule is CCCCCCn1c(N/N=C(/C)c2ccc(Cl)cc2)nc2c1c(=O)[nH]c(=O)n2C. The zero-order valence-corrected chi connectivity index (χ0v) is 17.6. The van der Waals surface area contributed by atoms with Gasteiger partial charge in [0, 0.05) is 18.6 Å². The summed E-state index contributed by atoms with van der Waals surface area (Å²) < 4.78 is 3.13. The van der Waals surface area contributed by atoms with E-state index in [1.54, 1.807) is 23.7 Å². The van der Waals surface area contributed by atoms with E-state index in [-0.39, 0.29) is 0 Å². The lowest BCUT2D eigenvalue weighted by Crippen LogP contribution is -2.29. The van der Waals surface area contributed by atoms with E-state index in [4.69, 9.17) is 11.6 Å². The van der Waals surface area contributed by atoms with Gasteiger partial charge in [0.25, 0.3) is 5.56 Å². The Labute approximate surface area is 173 Å². The molecule has 0 bridgehead atoms. The standard InChI is InChI=1S/C20H25ClN6O2/c1-4-5-6-7-12-27-16-17(26(3)20(29)23-18(16)28)22-19(27)25-24-13(2)14-8-10-15(21)11-9-14/h8-11H,4-7,12H2,1-3H3,(H,22,25)(H,23,28,29)/b24-13-. The van der Waals surface area contributed by atoms with Crippen LogP contribution in [0.3, 0.4) is 0 Å². The second-order valence-corrected chi connectivity index (χ2v) is 7.39. The molecule has 0 saturated heterocycles. The molecule has 8 nitrogen and oxygen atoms in total. The van der Waals surface area contributed by atoms with Crippen molar-refractivity contribution in [2.75, 3.05) is 5.43 Å². The van der Waals surface area contributed by atoms with Crippen LogP contribution in [0.25, 0.3) is 11.2 Å². The highest BCUT2D eigenvalue weighted by molar-refractivity contribution is 6.30. The van der Waals surface area contributed by atoms with Crippen molar-refractivity contribution in [3.05, 3.63) is 55.7 Å². The number of aromatic nitrogens is 4. The molecule has 0 atom stereocenters. The van der Waals surface area contributed by atoms with Gasteiger partial charge in [-0.15, -0.1) is 0 Å². The Morgan fingerprint density at radius 3 is 2.62 bits per heavy atom. The zero-order valence-electron chi connectivity index (χ0n) is 16.8. The number of H-pyrrole nitrogens is 1. The summed E-state index contributed by atoms with van der Waals surface area (Å²) in [7, 11) is 1.58. The Hall–Kier alpha value is -2.87. The molecule has 2 heterocycles. The summed E-state index contributed by atoms with van der Waals surface area (Å²) >= 11 is 5.94. The minimum atomic E-state index is -0.495. The molecule has 0 saturated carbocycles. The molecular formula is C20H25ClN6O2. The fourth-order valence-corrected chi connectivity index (χ4v) is 3.25. The number of benzene rings is 1. The van der Waals surface area contributed by atoms with Gasteiger partial charge >= 0.3 is 5.69 Å². The fraction of sp³-hybridized carbons (Fsp3) is 0.400. The molecule has 154 valence electrons. The number of halogens is 1. The average Bonchev–Trinajstić information content (AvgIpc) is 3.07. The highest BCUT2D eigenvalue weighted by atomic mass is 35.5. The van der Waals surface area contributed by atoms with Gasteiger partial charge in [-0.05, 0) is 31.0 Å². The van der Waals surface area contributed by atoms with Crippen LogP contribution in [-0.4, -0.2) is 24.8 Å². The molecule has 0 aliphatic rings. The minimum Gasteiger partial charge on any atom is -0.303 e. The molecule has 29 heavy (non-hydrogen) atoms. The Balaban J connectivity index is 1.98. The first kappa shape index (κ1) is 20.9. The topological polar surface area (TPSA) is 97.1 Å². The second kappa shape index (κ2) is 9.09. The van der Waals surface area contributed by atoms with Crippen LogP contribution < -0.4 is 16.7 Å². The molecule has 3 aromatic rings. The van der Waals surface area contributed by atoms with E-state index in [2.05, 4.69) is 27.4 Å². The Kier molecular flexibility index (Phi) is 6.53. The molecule has 3 rings (SSSR count). The van der Waals surface area contributed by atoms with Crippen LogP contribution in [-0.2, 0) is 13.6 Å². The lowest BCUT2D eigenvalue weighted by molar-refractivity contribution is 0.593. The van der Waals surface area contributed by atoms with Gasteiger partial charge in [0.2, 0.25) is 5.95 Å². The number of aromatic amines is 1. The third-order valence-corrected chi connectivity index (χ3v) is 5.08. The number of hydrogen-bond acceptors (Lipinski definition) is 5. The quantitative estimate of drug-likeness (QED) is 0.333. The van der Waals surface area contributed by atoms with E-state index in [0.29, 0.717) is 28.7 Å². The lowest BCUT2D eigenvalue weighted by atomic mass is 10.1. The Morgan fingerprint density at radius 1 is 1.21 bits per heavy atom. The fourth-order valence-electron chi connectivity index (χ4n) is 3.12. The molecule has 0 aliphatic carbocycles. The van der Waals surface area contributed by atoms with Gasteiger partial charge < -0.3 is 4.57 Å². The normalized spacial score (nSPS) is 11.9. The van der Waals surface area contributed by atoms with Crippen LogP contribution in [0.5, 0.6) is 0 Å². The molecule has 9 heteroatoms. The van der Waals surface area contributed by atoms with Crippen LogP contribution in [0.2, 0.25) is 5.02 Å². The third-order valence-electron chi connectivity index (χ3n) is 4.83. The number of anilines is 1. The predicted octanol–water partition coefficient (Wildman–Crippen LogP) is 3.49. The van der Waals surface area contributed by atoms with Gasteiger partial charge in [-0.3, -0.25) is 14.3 Å². The molecule has 1 aromatic carbocycles. The lowest BCUT2D eigenvalue weighted by Gasteiger charge is -2.09. The van der Waals surface area contributed by atoms with E-state index in [9.17, 15) is 9.59 Å². The predicted molar refractivity (Wildman–Crippen MR) is 117 cm³/mol. The zero-order chi connectivity index (χ0) is 21.0. The molecule has 2 N–H and O–H groups in total. The van der Waals surface area contributed by atoms with Crippen molar-refractivity contribution in [1.82, 2.24) is 19.1 Å². The van der Waals surface area contributed by atoms with Gasteiger partial charge in [0.05, 0.1) is 5.71 Å². The van der Waals surface area contributed by atoms with Crippen LogP contribution in [0, 0.1) is 0 Å². The molecule has 0 amide bonds. The van der Waals surface area contributed by atoms with Crippen molar-refractivity contribution in [3.63, 3.8) is 0 Å². The van der Waals surface area contributed by atoms with Gasteiger partial charge in [0.15, 0.2) is 11.2 Å². The second-order valence-electron chi connectivity index (χ2n) is 6.95. The highest BCUT2D eigenvalue weighted by Crippen LogP contribution is 2.17. The van der Waals surface area contributed by atoms with Crippen LogP contribution in [0.15, 0.2) is 39.0 Å². The van der Waals surface area contributed by atoms with E-state index in [0.717, 1.165) is 37.0 Å². The van der Waals surface area contributed by atoms with Gasteiger partial charge in [-0.2, -0.15) is 10.1 Å². The van der Waals surface area contributed by atoms with Gasteiger partial charge in [0.1, 0.15) is 0 Å². The first-order valence-corrected chi connectivity index (χ1v) is 10.1. The van der Waals surface area contributed by atoms with Crippen LogP contribution >= 0.6 is 11.6 Å². The first-order chi connectivity index (χ1) is 13.9. The number of hydrazone groups is 1. The minimum absolute atomic E-state index is 0.330. The van der Waals surface area contributed by atoms with Crippen molar-refractivity contribution in [3.8, 4) is 0 Å². The summed E-state index contributed by atoms with van der Waals surface area (Å²) in [4.78, 5) is 31.2. The van der Waals surface area contributed by atoms with Gasteiger partial charge in [-0.25, -0.2) is 10.2 Å². The average molecular weight is 417 g/mol. The smallest absolute Gasteiger partial charge is 0.303 e.